The van der Waals surface area contributed by atoms with Crippen LogP contribution in [0.15, 0.2) is 42.6 Å². The maximum Gasteiger partial charge on any atom is 0.130 e. The van der Waals surface area contributed by atoms with E-state index in [2.05, 4.69) is 15.6 Å². The van der Waals surface area contributed by atoms with E-state index in [9.17, 15) is 4.39 Å². The maximum absolute atomic E-state index is 13.0. The van der Waals surface area contributed by atoms with Crippen LogP contribution in [-0.2, 0) is 11.3 Å². The molecule has 0 amide bonds. The van der Waals surface area contributed by atoms with E-state index >= 15 is 0 Å². The molecule has 3 unspecified atom stereocenters. The quantitative estimate of drug-likeness (QED) is 0.816. The van der Waals surface area contributed by atoms with E-state index in [1.807, 2.05) is 12.1 Å². The van der Waals surface area contributed by atoms with Gasteiger partial charge in [-0.25, -0.2) is 4.39 Å². The molecule has 1 saturated heterocycles. The summed E-state index contributed by atoms with van der Waals surface area (Å²) in [6.45, 7) is 3.27. The summed E-state index contributed by atoms with van der Waals surface area (Å²) < 4.78 is 24.5. The van der Waals surface area contributed by atoms with E-state index in [1.165, 1.54) is 31.4 Å². The highest BCUT2D eigenvalue weighted by Crippen LogP contribution is 2.30. The second-order valence-electron chi connectivity index (χ2n) is 7.26. The first-order valence-electron chi connectivity index (χ1n) is 9.71. The summed E-state index contributed by atoms with van der Waals surface area (Å²) >= 11 is 0. The monoisotopic (exact) mass is 371 g/mol. The molecule has 1 aromatic carbocycles. The first kappa shape index (κ1) is 18.3. The highest BCUT2D eigenvalue weighted by molar-refractivity contribution is 5.31. The lowest BCUT2D eigenvalue weighted by Gasteiger charge is -2.33. The van der Waals surface area contributed by atoms with Crippen LogP contribution in [0.3, 0.4) is 0 Å². The van der Waals surface area contributed by atoms with Crippen LogP contribution in [0.2, 0.25) is 0 Å². The Balaban J connectivity index is 1.34. The molecule has 27 heavy (non-hydrogen) atoms. The van der Waals surface area contributed by atoms with Crippen molar-refractivity contribution in [3.05, 3.63) is 54.1 Å². The molecule has 1 aliphatic heterocycles. The topological polar surface area (TPSA) is 55.4 Å². The van der Waals surface area contributed by atoms with Crippen LogP contribution in [0.4, 0.5) is 4.39 Å². The molecule has 1 aliphatic carbocycles. The molecule has 3 atom stereocenters. The molecule has 2 heterocycles. The molecule has 2 N–H and O–H groups in total. The van der Waals surface area contributed by atoms with Gasteiger partial charge in [-0.3, -0.25) is 4.98 Å². The number of morpholine rings is 1. The molecule has 6 heteroatoms. The SMILES string of the molecule is Fc1ccc(Oc2ccnc(CNC3CCCC3C3COCCN3)c2)cc1. The number of benzene rings is 1. The standard InChI is InChI=1S/C21H26FN3O2/c22-15-4-6-17(7-5-15)27-18-8-9-23-16(12-18)13-25-20-3-1-2-19(20)21-14-26-11-10-24-21/h4-9,12,19-21,24-25H,1-3,10-11,13-14H2. The van der Waals surface area contributed by atoms with Gasteiger partial charge in [0, 0.05) is 37.4 Å². The summed E-state index contributed by atoms with van der Waals surface area (Å²) in [6, 6.07) is 10.7. The zero-order valence-electron chi connectivity index (χ0n) is 15.4. The Bertz CT molecular complexity index is 734. The van der Waals surface area contributed by atoms with Gasteiger partial charge in [0.1, 0.15) is 17.3 Å². The predicted molar refractivity (Wildman–Crippen MR) is 101 cm³/mol. The Morgan fingerprint density at radius 1 is 1.19 bits per heavy atom. The fourth-order valence-electron chi connectivity index (χ4n) is 4.08. The lowest BCUT2D eigenvalue weighted by molar-refractivity contribution is 0.0524. The van der Waals surface area contributed by atoms with Crippen molar-refractivity contribution in [2.24, 2.45) is 5.92 Å². The fourth-order valence-corrected chi connectivity index (χ4v) is 4.08. The molecule has 2 fully saturated rings. The molecule has 4 rings (SSSR count). The molecule has 2 aromatic rings. The number of nitrogens with one attached hydrogen (secondary N) is 2. The number of rotatable bonds is 6. The molecule has 5 nitrogen and oxygen atoms in total. The summed E-state index contributed by atoms with van der Waals surface area (Å²) in [4.78, 5) is 4.45. The highest BCUT2D eigenvalue weighted by atomic mass is 19.1. The number of ether oxygens (including phenoxy) is 2. The molecule has 144 valence electrons. The lowest BCUT2D eigenvalue weighted by atomic mass is 9.94. The first-order chi connectivity index (χ1) is 13.3. The van der Waals surface area contributed by atoms with Crippen LogP contribution in [-0.4, -0.2) is 36.8 Å². The van der Waals surface area contributed by atoms with Gasteiger partial charge in [0.25, 0.3) is 0 Å². The largest absolute Gasteiger partial charge is 0.457 e. The summed E-state index contributed by atoms with van der Waals surface area (Å²) in [5.74, 6) is 1.65. The zero-order valence-corrected chi connectivity index (χ0v) is 15.4. The van der Waals surface area contributed by atoms with Crippen LogP contribution < -0.4 is 15.4 Å². The van der Waals surface area contributed by atoms with E-state index in [-0.39, 0.29) is 5.82 Å². The van der Waals surface area contributed by atoms with E-state index in [0.717, 1.165) is 25.5 Å². The predicted octanol–water partition coefficient (Wildman–Crippen LogP) is 3.26. The molecule has 0 bridgehead atoms. The van der Waals surface area contributed by atoms with Gasteiger partial charge in [0.15, 0.2) is 0 Å². The van der Waals surface area contributed by atoms with Crippen molar-refractivity contribution in [3.63, 3.8) is 0 Å². The highest BCUT2D eigenvalue weighted by Gasteiger charge is 2.34. The van der Waals surface area contributed by atoms with Gasteiger partial charge in [-0.05, 0) is 49.1 Å². The van der Waals surface area contributed by atoms with Gasteiger partial charge in [0.05, 0.1) is 18.9 Å². The fraction of sp³-hybridized carbons (Fsp3) is 0.476. The van der Waals surface area contributed by atoms with Crippen molar-refractivity contribution in [2.75, 3.05) is 19.8 Å². The number of halogens is 1. The van der Waals surface area contributed by atoms with Crippen molar-refractivity contribution >= 4 is 0 Å². The summed E-state index contributed by atoms with van der Waals surface area (Å²) in [5.41, 5.74) is 0.938. The number of pyridine rings is 1. The van der Waals surface area contributed by atoms with Gasteiger partial charge in [-0.2, -0.15) is 0 Å². The third-order valence-electron chi connectivity index (χ3n) is 5.42. The number of aromatic nitrogens is 1. The molecular formula is C21H26FN3O2. The normalized spacial score (nSPS) is 25.4. The molecule has 0 spiro atoms. The molecule has 0 radical (unpaired) electrons. The third-order valence-corrected chi connectivity index (χ3v) is 5.42. The van der Waals surface area contributed by atoms with Gasteiger partial charge in [0.2, 0.25) is 0 Å². The first-order valence-corrected chi connectivity index (χ1v) is 9.71. The Morgan fingerprint density at radius 3 is 2.89 bits per heavy atom. The number of nitrogens with zero attached hydrogens (tertiary/aromatic N) is 1. The number of hydrogen-bond donors (Lipinski definition) is 2. The summed E-state index contributed by atoms with van der Waals surface area (Å²) in [5, 5.41) is 7.28. The summed E-state index contributed by atoms with van der Waals surface area (Å²) in [7, 11) is 0. The average Bonchev–Trinajstić information content (AvgIpc) is 3.18. The smallest absolute Gasteiger partial charge is 0.130 e. The van der Waals surface area contributed by atoms with E-state index < -0.39 is 0 Å². The van der Waals surface area contributed by atoms with Crippen molar-refractivity contribution < 1.29 is 13.9 Å². The Labute approximate surface area is 159 Å². The van der Waals surface area contributed by atoms with Crippen LogP contribution in [0, 0.1) is 11.7 Å². The van der Waals surface area contributed by atoms with Crippen LogP contribution >= 0.6 is 0 Å². The minimum atomic E-state index is -0.272. The molecule has 1 aromatic heterocycles. The summed E-state index contributed by atoms with van der Waals surface area (Å²) in [6.07, 6.45) is 5.43. The van der Waals surface area contributed by atoms with Gasteiger partial charge in [-0.1, -0.05) is 6.42 Å². The Kier molecular flexibility index (Phi) is 5.97. The Morgan fingerprint density at radius 2 is 2.07 bits per heavy atom. The molecule has 1 saturated carbocycles. The van der Waals surface area contributed by atoms with Crippen molar-refractivity contribution in [2.45, 2.75) is 37.9 Å². The van der Waals surface area contributed by atoms with E-state index in [1.54, 1.807) is 18.3 Å². The van der Waals surface area contributed by atoms with E-state index in [0.29, 0.717) is 36.0 Å². The van der Waals surface area contributed by atoms with Crippen LogP contribution in [0.1, 0.15) is 25.0 Å². The van der Waals surface area contributed by atoms with Gasteiger partial charge >= 0.3 is 0 Å². The lowest BCUT2D eigenvalue weighted by Crippen LogP contribution is -2.50. The minimum absolute atomic E-state index is 0.272. The number of hydrogen-bond acceptors (Lipinski definition) is 5. The Hall–Kier alpha value is -2.02. The van der Waals surface area contributed by atoms with Gasteiger partial charge in [-0.15, -0.1) is 0 Å². The minimum Gasteiger partial charge on any atom is -0.457 e. The third kappa shape index (κ3) is 4.83. The average molecular weight is 371 g/mol. The van der Waals surface area contributed by atoms with Gasteiger partial charge < -0.3 is 20.1 Å². The molecule has 2 aliphatic rings. The zero-order chi connectivity index (χ0) is 18.5. The van der Waals surface area contributed by atoms with Crippen molar-refractivity contribution in [3.8, 4) is 11.5 Å². The second-order valence-corrected chi connectivity index (χ2v) is 7.26. The van der Waals surface area contributed by atoms with E-state index in [4.69, 9.17) is 9.47 Å². The van der Waals surface area contributed by atoms with Crippen LogP contribution in [0.5, 0.6) is 11.5 Å². The second kappa shape index (κ2) is 8.78. The van der Waals surface area contributed by atoms with Crippen molar-refractivity contribution in [1.29, 1.82) is 0 Å². The van der Waals surface area contributed by atoms with Crippen LogP contribution in [0.25, 0.3) is 0 Å². The maximum atomic E-state index is 13.0. The molecular weight excluding hydrogens is 345 g/mol. The van der Waals surface area contributed by atoms with Crippen molar-refractivity contribution in [1.82, 2.24) is 15.6 Å².